The maximum Gasteiger partial charge on any atom is 0.277 e. The van der Waals surface area contributed by atoms with E-state index >= 15 is 0 Å². The summed E-state index contributed by atoms with van der Waals surface area (Å²) in [5, 5.41) is 3.93. The molecule has 0 atom stereocenters. The van der Waals surface area contributed by atoms with Gasteiger partial charge in [-0.3, -0.25) is 4.79 Å². The molecule has 3 rings (SSSR count). The number of hydrogen-bond donors (Lipinski definition) is 1. The minimum absolute atomic E-state index is 0.0896. The molecule has 6 heteroatoms. The van der Waals surface area contributed by atoms with E-state index in [9.17, 15) is 4.79 Å². The number of fused-ring (bicyclic) bond motifs is 1. The summed E-state index contributed by atoms with van der Waals surface area (Å²) in [6, 6.07) is 13.3. The summed E-state index contributed by atoms with van der Waals surface area (Å²) < 4.78 is 16.0. The Labute approximate surface area is 159 Å². The third-order valence-electron chi connectivity index (χ3n) is 4.16. The predicted molar refractivity (Wildman–Crippen MR) is 103 cm³/mol. The average Bonchev–Trinajstić information content (AvgIpc) is 3.15. The van der Waals surface area contributed by atoms with Crippen molar-refractivity contribution >= 4 is 12.1 Å². The van der Waals surface area contributed by atoms with Crippen LogP contribution < -0.4 is 19.6 Å². The maximum absolute atomic E-state index is 11.8. The highest BCUT2D eigenvalue weighted by Crippen LogP contribution is 2.31. The number of hydrazone groups is 1. The third-order valence-corrected chi connectivity index (χ3v) is 4.16. The van der Waals surface area contributed by atoms with Crippen molar-refractivity contribution in [3.63, 3.8) is 0 Å². The number of benzene rings is 2. The number of amides is 1. The van der Waals surface area contributed by atoms with Crippen LogP contribution in [0.4, 0.5) is 0 Å². The van der Waals surface area contributed by atoms with Crippen LogP contribution in [0.1, 0.15) is 37.3 Å². The molecule has 6 nitrogen and oxygen atoms in total. The first kappa shape index (κ1) is 18.8. The van der Waals surface area contributed by atoms with E-state index in [4.69, 9.17) is 14.2 Å². The van der Waals surface area contributed by atoms with Crippen LogP contribution in [0, 0.1) is 0 Å². The van der Waals surface area contributed by atoms with Crippen LogP contribution in [0.15, 0.2) is 47.6 Å². The number of nitrogens with one attached hydrogen (secondary N) is 1. The highest BCUT2D eigenvalue weighted by Gasteiger charge is 2.12. The van der Waals surface area contributed by atoms with Crippen LogP contribution >= 0.6 is 0 Å². The van der Waals surface area contributed by atoms with Gasteiger partial charge in [0.2, 0.25) is 6.79 Å². The van der Waals surface area contributed by atoms with E-state index in [1.54, 1.807) is 18.3 Å². The zero-order valence-electron chi connectivity index (χ0n) is 15.4. The molecule has 27 heavy (non-hydrogen) atoms. The second-order valence-corrected chi connectivity index (χ2v) is 6.30. The van der Waals surface area contributed by atoms with Crippen LogP contribution in [0.3, 0.4) is 0 Å². The molecule has 142 valence electrons. The molecule has 0 spiro atoms. The van der Waals surface area contributed by atoms with Gasteiger partial charge in [-0.2, -0.15) is 5.10 Å². The van der Waals surface area contributed by atoms with E-state index in [-0.39, 0.29) is 19.3 Å². The van der Waals surface area contributed by atoms with Crippen molar-refractivity contribution in [2.24, 2.45) is 5.10 Å². The lowest BCUT2D eigenvalue weighted by atomic mass is 10.1. The van der Waals surface area contributed by atoms with Gasteiger partial charge in [-0.25, -0.2) is 5.43 Å². The van der Waals surface area contributed by atoms with Crippen LogP contribution in [0.2, 0.25) is 0 Å². The molecule has 0 fully saturated rings. The standard InChI is InChI=1S/C21H24N2O4/c1-2-3-4-5-16-6-9-18(10-7-16)25-14-21(24)23-22-13-17-8-11-19-20(12-17)27-15-26-19/h6-13H,2-5,14-15H2,1H3,(H,23,24)/b22-13+. The summed E-state index contributed by atoms with van der Waals surface area (Å²) in [6.45, 7) is 2.33. The lowest BCUT2D eigenvalue weighted by molar-refractivity contribution is -0.123. The molecule has 1 aliphatic rings. The van der Waals surface area contributed by atoms with Gasteiger partial charge in [-0.15, -0.1) is 0 Å². The van der Waals surface area contributed by atoms with Gasteiger partial charge < -0.3 is 14.2 Å². The normalized spacial score (nSPS) is 12.3. The van der Waals surface area contributed by atoms with Gasteiger partial charge in [0.1, 0.15) is 5.75 Å². The Morgan fingerprint density at radius 3 is 2.78 bits per heavy atom. The highest BCUT2D eigenvalue weighted by atomic mass is 16.7. The second kappa shape index (κ2) is 9.62. The van der Waals surface area contributed by atoms with E-state index in [0.29, 0.717) is 17.2 Å². The summed E-state index contributed by atoms with van der Waals surface area (Å²) >= 11 is 0. The first-order valence-corrected chi connectivity index (χ1v) is 9.18. The van der Waals surface area contributed by atoms with Gasteiger partial charge in [0.15, 0.2) is 18.1 Å². The number of unbranched alkanes of at least 4 members (excludes halogenated alkanes) is 2. The molecule has 0 saturated carbocycles. The van der Waals surface area contributed by atoms with E-state index in [2.05, 4.69) is 17.5 Å². The Balaban J connectivity index is 1.40. The smallest absolute Gasteiger partial charge is 0.277 e. The molecule has 0 bridgehead atoms. The van der Waals surface area contributed by atoms with Gasteiger partial charge >= 0.3 is 0 Å². The van der Waals surface area contributed by atoms with Gasteiger partial charge in [-0.05, 0) is 54.3 Å². The fourth-order valence-electron chi connectivity index (χ4n) is 2.68. The number of hydrogen-bond acceptors (Lipinski definition) is 5. The molecule has 0 unspecified atom stereocenters. The molecule has 2 aromatic carbocycles. The maximum atomic E-state index is 11.8. The Bertz CT molecular complexity index is 787. The molecule has 0 aromatic heterocycles. The highest BCUT2D eigenvalue weighted by molar-refractivity contribution is 5.83. The molecular formula is C21H24N2O4. The first-order chi connectivity index (χ1) is 13.2. The van der Waals surface area contributed by atoms with Crippen molar-refractivity contribution in [2.75, 3.05) is 13.4 Å². The number of nitrogens with zero attached hydrogens (tertiary/aromatic N) is 1. The second-order valence-electron chi connectivity index (χ2n) is 6.30. The van der Waals surface area contributed by atoms with Gasteiger partial charge in [-0.1, -0.05) is 31.9 Å². The molecular weight excluding hydrogens is 344 g/mol. The minimum Gasteiger partial charge on any atom is -0.484 e. The molecule has 1 amide bonds. The molecule has 1 aliphatic heterocycles. The summed E-state index contributed by atoms with van der Waals surface area (Å²) in [7, 11) is 0. The Kier molecular flexibility index (Phi) is 6.68. The van der Waals surface area contributed by atoms with E-state index in [1.807, 2.05) is 30.3 Å². The van der Waals surface area contributed by atoms with Crippen molar-refractivity contribution in [1.82, 2.24) is 5.43 Å². The zero-order chi connectivity index (χ0) is 18.9. The van der Waals surface area contributed by atoms with Gasteiger partial charge in [0, 0.05) is 0 Å². The lowest BCUT2D eigenvalue weighted by Gasteiger charge is -2.06. The number of rotatable bonds is 9. The lowest BCUT2D eigenvalue weighted by Crippen LogP contribution is -2.24. The van der Waals surface area contributed by atoms with Crippen molar-refractivity contribution in [1.29, 1.82) is 0 Å². The quantitative estimate of drug-likeness (QED) is 0.416. The minimum atomic E-state index is -0.320. The topological polar surface area (TPSA) is 69.2 Å². The predicted octanol–water partition coefficient (Wildman–Crippen LogP) is 3.68. The number of carbonyl (C=O) groups excluding carboxylic acids is 1. The van der Waals surface area contributed by atoms with Gasteiger partial charge in [0.05, 0.1) is 6.21 Å². The van der Waals surface area contributed by atoms with Crippen molar-refractivity contribution in [3.05, 3.63) is 53.6 Å². The number of aryl methyl sites for hydroxylation is 1. The van der Waals surface area contributed by atoms with Crippen molar-refractivity contribution in [3.8, 4) is 17.2 Å². The molecule has 2 aromatic rings. The number of carbonyl (C=O) groups is 1. The van der Waals surface area contributed by atoms with E-state index in [0.717, 1.165) is 12.0 Å². The van der Waals surface area contributed by atoms with Crippen molar-refractivity contribution in [2.45, 2.75) is 32.6 Å². The summed E-state index contributed by atoms with van der Waals surface area (Å²) in [4.78, 5) is 11.8. The van der Waals surface area contributed by atoms with Crippen LogP contribution in [-0.2, 0) is 11.2 Å². The molecule has 0 radical (unpaired) electrons. The number of ether oxygens (including phenoxy) is 3. The average molecular weight is 368 g/mol. The third kappa shape index (κ3) is 5.74. The zero-order valence-corrected chi connectivity index (χ0v) is 15.4. The summed E-state index contributed by atoms with van der Waals surface area (Å²) in [5.41, 5.74) is 4.54. The molecule has 0 saturated heterocycles. The van der Waals surface area contributed by atoms with Crippen LogP contribution in [-0.4, -0.2) is 25.5 Å². The van der Waals surface area contributed by atoms with Crippen LogP contribution in [0.25, 0.3) is 0 Å². The SMILES string of the molecule is CCCCCc1ccc(OCC(=O)N/N=C/c2ccc3c(c2)OCO3)cc1. The van der Waals surface area contributed by atoms with Crippen LogP contribution in [0.5, 0.6) is 17.2 Å². The monoisotopic (exact) mass is 368 g/mol. The summed E-state index contributed by atoms with van der Waals surface area (Å²) in [5.74, 6) is 1.73. The Morgan fingerprint density at radius 2 is 1.96 bits per heavy atom. The molecule has 1 heterocycles. The summed E-state index contributed by atoms with van der Waals surface area (Å²) in [6.07, 6.45) is 6.27. The van der Waals surface area contributed by atoms with Crippen molar-refractivity contribution < 1.29 is 19.0 Å². The first-order valence-electron chi connectivity index (χ1n) is 9.18. The Morgan fingerprint density at radius 1 is 1.15 bits per heavy atom. The fourth-order valence-corrected chi connectivity index (χ4v) is 2.68. The van der Waals surface area contributed by atoms with E-state index < -0.39 is 0 Å². The largest absolute Gasteiger partial charge is 0.484 e. The van der Waals surface area contributed by atoms with E-state index in [1.165, 1.54) is 24.8 Å². The molecule has 1 N–H and O–H groups in total. The van der Waals surface area contributed by atoms with Gasteiger partial charge in [0.25, 0.3) is 5.91 Å². The Hall–Kier alpha value is -3.02. The molecule has 0 aliphatic carbocycles. The fraction of sp³-hybridized carbons (Fsp3) is 0.333.